The highest BCUT2D eigenvalue weighted by Crippen LogP contribution is 2.41. The van der Waals surface area contributed by atoms with Crippen molar-refractivity contribution in [3.05, 3.63) is 87.2 Å². The first-order valence-corrected chi connectivity index (χ1v) is 11.7. The van der Waals surface area contributed by atoms with Gasteiger partial charge in [-0.25, -0.2) is 0 Å². The van der Waals surface area contributed by atoms with Gasteiger partial charge in [0.15, 0.2) is 0 Å². The second kappa shape index (κ2) is 9.72. The van der Waals surface area contributed by atoms with Crippen molar-refractivity contribution in [2.24, 2.45) is 5.73 Å². The lowest BCUT2D eigenvalue weighted by Gasteiger charge is -2.38. The summed E-state index contributed by atoms with van der Waals surface area (Å²) < 4.78 is 6.03. The van der Waals surface area contributed by atoms with Gasteiger partial charge in [0.25, 0.3) is 5.91 Å². The minimum absolute atomic E-state index is 0.0328. The van der Waals surface area contributed by atoms with Crippen molar-refractivity contribution in [3.8, 4) is 5.75 Å². The number of allylic oxidation sites excluding steroid dienone is 2. The van der Waals surface area contributed by atoms with E-state index in [0.717, 1.165) is 17.9 Å². The Morgan fingerprint density at radius 3 is 2.48 bits per heavy atom. The minimum Gasteiger partial charge on any atom is -0.455 e. The summed E-state index contributed by atoms with van der Waals surface area (Å²) in [4.78, 5) is 17.9. The molecule has 2 aromatic carbocycles. The summed E-state index contributed by atoms with van der Waals surface area (Å²) in [5, 5.41) is 0.577. The van der Waals surface area contributed by atoms with E-state index in [0.29, 0.717) is 28.2 Å². The van der Waals surface area contributed by atoms with Crippen molar-refractivity contribution >= 4 is 52.1 Å². The van der Waals surface area contributed by atoms with Crippen LogP contribution in [0.2, 0.25) is 10.0 Å². The molecule has 2 aliphatic rings. The van der Waals surface area contributed by atoms with Crippen LogP contribution in [0.3, 0.4) is 0 Å². The first-order valence-electron chi connectivity index (χ1n) is 10.6. The standard InChI is InChI=1S/C25H24Cl3N3O2/c1-15(2)13-22(33-21-14-16(26)7-10-18(21)27)23(24(28)29)25(32)31-12-11-30(17-8-9-17)19-5-3-4-6-20(19)31/h3-7,10,13-14,17H,1,8-9,11-12,29H2,2H3/b22-13+,24-23+. The Bertz CT molecular complexity index is 1170. The second-order valence-electron chi connectivity index (χ2n) is 8.12. The maximum atomic E-state index is 13.8. The summed E-state index contributed by atoms with van der Waals surface area (Å²) in [7, 11) is 0. The molecule has 0 saturated heterocycles. The van der Waals surface area contributed by atoms with Gasteiger partial charge in [0, 0.05) is 30.2 Å². The first kappa shape index (κ1) is 23.6. The van der Waals surface area contributed by atoms with E-state index < -0.39 is 0 Å². The van der Waals surface area contributed by atoms with E-state index in [9.17, 15) is 4.79 Å². The highest BCUT2D eigenvalue weighted by Gasteiger charge is 2.37. The maximum Gasteiger partial charge on any atom is 0.265 e. The second-order valence-corrected chi connectivity index (χ2v) is 9.38. The fourth-order valence-electron chi connectivity index (χ4n) is 3.87. The van der Waals surface area contributed by atoms with Crippen LogP contribution in [-0.2, 0) is 4.79 Å². The molecule has 0 radical (unpaired) electrons. The molecule has 1 amide bonds. The molecule has 2 N–H and O–H groups in total. The SMILES string of the molecule is C=C(C)/C=C(Oc1cc(Cl)ccc1Cl)\C(C(=O)N1CCN(C2CC2)c2ccccc21)=C(/N)Cl. The Labute approximate surface area is 208 Å². The lowest BCUT2D eigenvalue weighted by Crippen LogP contribution is -2.46. The number of nitrogens with zero attached hydrogens (tertiary/aromatic N) is 2. The summed E-state index contributed by atoms with van der Waals surface area (Å²) in [6.45, 7) is 6.91. The third-order valence-corrected chi connectivity index (χ3v) is 6.21. The summed E-state index contributed by atoms with van der Waals surface area (Å²) in [6.07, 6.45) is 3.94. The highest BCUT2D eigenvalue weighted by atomic mass is 35.5. The molecule has 8 heteroatoms. The molecule has 1 saturated carbocycles. The van der Waals surface area contributed by atoms with Gasteiger partial charge in [-0.15, -0.1) is 0 Å². The van der Waals surface area contributed by atoms with Gasteiger partial charge in [-0.05, 0) is 50.1 Å². The predicted octanol–water partition coefficient (Wildman–Crippen LogP) is 6.26. The van der Waals surface area contributed by atoms with Gasteiger partial charge in [-0.1, -0.05) is 59.1 Å². The predicted molar refractivity (Wildman–Crippen MR) is 136 cm³/mol. The third-order valence-electron chi connectivity index (χ3n) is 5.47. The molecule has 1 fully saturated rings. The summed E-state index contributed by atoms with van der Waals surface area (Å²) in [5.74, 6) is 0.0566. The number of anilines is 2. The van der Waals surface area contributed by atoms with E-state index in [1.54, 1.807) is 36.1 Å². The minimum atomic E-state index is -0.365. The van der Waals surface area contributed by atoms with Crippen molar-refractivity contribution in [2.75, 3.05) is 22.9 Å². The number of amides is 1. The van der Waals surface area contributed by atoms with E-state index >= 15 is 0 Å². The number of carbonyl (C=O) groups excluding carboxylic acids is 1. The van der Waals surface area contributed by atoms with Gasteiger partial charge in [0.05, 0.1) is 16.4 Å². The molecule has 0 spiro atoms. The lowest BCUT2D eigenvalue weighted by atomic mass is 10.1. The van der Waals surface area contributed by atoms with Crippen LogP contribution in [0.15, 0.2) is 77.2 Å². The molecule has 172 valence electrons. The molecule has 1 aliphatic heterocycles. The van der Waals surface area contributed by atoms with Crippen LogP contribution in [-0.4, -0.2) is 25.0 Å². The number of hydrogen-bond acceptors (Lipinski definition) is 4. The molecule has 2 aromatic rings. The van der Waals surface area contributed by atoms with Crippen molar-refractivity contribution in [3.63, 3.8) is 0 Å². The van der Waals surface area contributed by atoms with Crippen molar-refractivity contribution in [1.29, 1.82) is 0 Å². The monoisotopic (exact) mass is 503 g/mol. The number of ether oxygens (including phenoxy) is 1. The molecule has 0 aromatic heterocycles. The molecule has 4 rings (SSSR count). The largest absolute Gasteiger partial charge is 0.455 e. The van der Waals surface area contributed by atoms with Gasteiger partial charge in [-0.3, -0.25) is 4.79 Å². The molecule has 0 unspecified atom stereocenters. The molecule has 33 heavy (non-hydrogen) atoms. The number of nitrogens with two attached hydrogens (primary N) is 1. The van der Waals surface area contributed by atoms with Crippen LogP contribution in [0.5, 0.6) is 5.75 Å². The number of para-hydroxylation sites is 2. The van der Waals surface area contributed by atoms with Crippen molar-refractivity contribution in [2.45, 2.75) is 25.8 Å². The van der Waals surface area contributed by atoms with Crippen LogP contribution in [0, 0.1) is 0 Å². The Kier molecular flexibility index (Phi) is 6.94. The fraction of sp³-hybridized carbons (Fsp3) is 0.240. The fourth-order valence-corrected chi connectivity index (χ4v) is 4.36. The van der Waals surface area contributed by atoms with Gasteiger partial charge >= 0.3 is 0 Å². The van der Waals surface area contributed by atoms with E-state index in [-0.39, 0.29) is 28.1 Å². The third kappa shape index (κ3) is 5.16. The topological polar surface area (TPSA) is 58.8 Å². The van der Waals surface area contributed by atoms with Crippen LogP contribution >= 0.6 is 34.8 Å². The van der Waals surface area contributed by atoms with Gasteiger partial charge < -0.3 is 20.3 Å². The Balaban J connectivity index is 1.73. The van der Waals surface area contributed by atoms with Gasteiger partial charge in [0.2, 0.25) is 0 Å². The van der Waals surface area contributed by atoms with Crippen molar-refractivity contribution in [1.82, 2.24) is 0 Å². The molecule has 0 atom stereocenters. The zero-order valence-corrected chi connectivity index (χ0v) is 20.4. The summed E-state index contributed by atoms with van der Waals surface area (Å²) in [5.41, 5.74) is 8.54. The number of hydrogen-bond donors (Lipinski definition) is 1. The molecule has 0 bridgehead atoms. The molecule has 1 heterocycles. The molecule has 5 nitrogen and oxygen atoms in total. The number of rotatable bonds is 6. The normalized spacial score (nSPS) is 16.8. The van der Waals surface area contributed by atoms with Gasteiger partial charge in [-0.2, -0.15) is 0 Å². The maximum absolute atomic E-state index is 13.8. The summed E-state index contributed by atoms with van der Waals surface area (Å²) in [6, 6.07) is 13.2. The summed E-state index contributed by atoms with van der Waals surface area (Å²) >= 11 is 18.7. The number of carbonyl (C=O) groups is 1. The van der Waals surface area contributed by atoms with E-state index in [2.05, 4.69) is 11.5 Å². The molecular weight excluding hydrogens is 481 g/mol. The van der Waals surface area contributed by atoms with E-state index in [4.69, 9.17) is 45.3 Å². The van der Waals surface area contributed by atoms with Crippen LogP contribution in [0.25, 0.3) is 0 Å². The molecular formula is C25H24Cl3N3O2. The van der Waals surface area contributed by atoms with Crippen LogP contribution < -0.4 is 20.3 Å². The first-order chi connectivity index (χ1) is 15.8. The Hall–Kier alpha value is -2.60. The van der Waals surface area contributed by atoms with E-state index in [1.807, 2.05) is 24.3 Å². The lowest BCUT2D eigenvalue weighted by molar-refractivity contribution is -0.115. The zero-order valence-electron chi connectivity index (χ0n) is 18.2. The highest BCUT2D eigenvalue weighted by molar-refractivity contribution is 6.34. The zero-order chi connectivity index (χ0) is 23.7. The Morgan fingerprint density at radius 1 is 1.15 bits per heavy atom. The van der Waals surface area contributed by atoms with Gasteiger partial charge in [0.1, 0.15) is 22.2 Å². The quantitative estimate of drug-likeness (QED) is 0.218. The van der Waals surface area contributed by atoms with Crippen LogP contribution in [0.4, 0.5) is 11.4 Å². The number of fused-ring (bicyclic) bond motifs is 1. The number of benzene rings is 2. The molecule has 1 aliphatic carbocycles. The Morgan fingerprint density at radius 2 is 1.85 bits per heavy atom. The number of halogens is 3. The average molecular weight is 505 g/mol. The smallest absolute Gasteiger partial charge is 0.265 e. The average Bonchev–Trinajstić information content (AvgIpc) is 3.60. The van der Waals surface area contributed by atoms with Crippen LogP contribution in [0.1, 0.15) is 19.8 Å². The van der Waals surface area contributed by atoms with Crippen molar-refractivity contribution < 1.29 is 9.53 Å². The van der Waals surface area contributed by atoms with E-state index in [1.165, 1.54) is 12.8 Å².